The number of aromatic nitrogens is 4. The fourth-order valence-electron chi connectivity index (χ4n) is 3.62. The normalized spacial score (nSPS) is 13.7. The first-order chi connectivity index (χ1) is 12.7. The van der Waals surface area contributed by atoms with Crippen LogP contribution in [-0.2, 0) is 26.1 Å². The number of benzene rings is 1. The molecule has 0 radical (unpaired) electrons. The summed E-state index contributed by atoms with van der Waals surface area (Å²) in [5, 5.41) is 6.52. The molecule has 4 rings (SSSR count). The lowest BCUT2D eigenvalue weighted by Gasteiger charge is -2.27. The third-order valence-corrected chi connectivity index (χ3v) is 4.92. The van der Waals surface area contributed by atoms with E-state index in [0.29, 0.717) is 38.2 Å². The first-order valence-electron chi connectivity index (χ1n) is 8.82. The summed E-state index contributed by atoms with van der Waals surface area (Å²) < 4.78 is 3.81. The Morgan fingerprint density at radius 2 is 2.04 bits per heavy atom. The first kappa shape index (κ1) is 16.4. The lowest BCUT2D eigenvalue weighted by atomic mass is 10.1. The van der Waals surface area contributed by atoms with E-state index in [4.69, 9.17) is 0 Å². The van der Waals surface area contributed by atoms with Crippen LogP contribution in [0.15, 0.2) is 47.5 Å². The Kier molecular flexibility index (Phi) is 4.20. The second kappa shape index (κ2) is 6.67. The average molecular weight is 351 g/mol. The van der Waals surface area contributed by atoms with Crippen LogP contribution in [0.5, 0.6) is 0 Å². The molecule has 0 unspecified atom stereocenters. The van der Waals surface area contributed by atoms with Crippen molar-refractivity contribution in [3.05, 3.63) is 75.5 Å². The Bertz CT molecular complexity index is 970. The largest absolute Gasteiger partial charge is 0.332 e. The number of carbonyl (C=O) groups excluding carboxylic acids is 1. The highest BCUT2D eigenvalue weighted by Gasteiger charge is 2.28. The number of rotatable bonds is 4. The number of H-pyrrole nitrogens is 1. The van der Waals surface area contributed by atoms with E-state index in [1.807, 2.05) is 41.9 Å². The summed E-state index contributed by atoms with van der Waals surface area (Å²) in [6.45, 7) is 4.24. The number of carbonyl (C=O) groups is 1. The fourth-order valence-corrected chi connectivity index (χ4v) is 3.62. The highest BCUT2D eigenvalue weighted by atomic mass is 16.2. The Hall–Kier alpha value is -3.09. The molecule has 7 heteroatoms. The van der Waals surface area contributed by atoms with Crippen molar-refractivity contribution in [2.24, 2.45) is 0 Å². The van der Waals surface area contributed by atoms with E-state index in [1.165, 1.54) is 6.20 Å². The standard InChI is InChI=1S/C19H21N5O2/c1-2-23-17-13-22(18(25)15-10-20-21-11-15)9-8-16(17)19(26)24(23)12-14-6-4-3-5-7-14/h3-7,10-11H,2,8-9,12-13H2,1H3,(H,20,21). The Labute approximate surface area is 150 Å². The maximum absolute atomic E-state index is 12.9. The summed E-state index contributed by atoms with van der Waals surface area (Å²) >= 11 is 0. The molecule has 3 heterocycles. The van der Waals surface area contributed by atoms with Gasteiger partial charge >= 0.3 is 0 Å². The van der Waals surface area contributed by atoms with Crippen molar-refractivity contribution in [2.75, 3.05) is 6.54 Å². The minimum absolute atomic E-state index is 0.0566. The molecule has 3 aromatic rings. The van der Waals surface area contributed by atoms with Crippen LogP contribution in [0.4, 0.5) is 0 Å². The first-order valence-corrected chi connectivity index (χ1v) is 8.82. The van der Waals surface area contributed by atoms with E-state index in [0.717, 1.165) is 16.8 Å². The van der Waals surface area contributed by atoms with E-state index >= 15 is 0 Å². The molecule has 7 nitrogen and oxygen atoms in total. The summed E-state index contributed by atoms with van der Waals surface area (Å²) in [6.07, 6.45) is 3.72. The molecule has 0 aliphatic carbocycles. The van der Waals surface area contributed by atoms with Crippen molar-refractivity contribution in [1.82, 2.24) is 24.5 Å². The molecule has 0 fully saturated rings. The van der Waals surface area contributed by atoms with Crippen LogP contribution in [0.25, 0.3) is 0 Å². The molecule has 1 aliphatic heterocycles. The molecule has 1 amide bonds. The molecule has 1 N–H and O–H groups in total. The number of fused-ring (bicyclic) bond motifs is 1. The van der Waals surface area contributed by atoms with E-state index in [-0.39, 0.29) is 11.5 Å². The summed E-state index contributed by atoms with van der Waals surface area (Å²) in [4.78, 5) is 27.3. The van der Waals surface area contributed by atoms with Crippen LogP contribution in [0.3, 0.4) is 0 Å². The number of aromatic amines is 1. The van der Waals surface area contributed by atoms with Gasteiger partial charge in [0.05, 0.1) is 30.5 Å². The van der Waals surface area contributed by atoms with E-state index in [9.17, 15) is 9.59 Å². The topological polar surface area (TPSA) is 75.9 Å². The minimum atomic E-state index is -0.0599. The molecule has 0 atom stereocenters. The number of nitrogens with zero attached hydrogens (tertiary/aromatic N) is 4. The van der Waals surface area contributed by atoms with Crippen LogP contribution in [0, 0.1) is 0 Å². The molecule has 1 aliphatic rings. The monoisotopic (exact) mass is 351 g/mol. The average Bonchev–Trinajstić information content (AvgIpc) is 3.30. The highest BCUT2D eigenvalue weighted by molar-refractivity contribution is 5.93. The van der Waals surface area contributed by atoms with Crippen molar-refractivity contribution >= 4 is 5.91 Å². The van der Waals surface area contributed by atoms with Crippen LogP contribution in [0.2, 0.25) is 0 Å². The molecule has 2 aromatic heterocycles. The van der Waals surface area contributed by atoms with Gasteiger partial charge in [0.1, 0.15) is 0 Å². The van der Waals surface area contributed by atoms with Crippen molar-refractivity contribution < 1.29 is 4.79 Å². The van der Waals surface area contributed by atoms with E-state index in [2.05, 4.69) is 10.2 Å². The van der Waals surface area contributed by atoms with Crippen LogP contribution < -0.4 is 5.56 Å². The quantitative estimate of drug-likeness (QED) is 0.776. The molecule has 0 spiro atoms. The second-order valence-electron chi connectivity index (χ2n) is 6.45. The predicted octanol–water partition coefficient (Wildman–Crippen LogP) is 1.64. The van der Waals surface area contributed by atoms with E-state index in [1.54, 1.807) is 15.8 Å². The lowest BCUT2D eigenvalue weighted by Crippen LogP contribution is -2.37. The van der Waals surface area contributed by atoms with Crippen molar-refractivity contribution in [1.29, 1.82) is 0 Å². The number of hydrogen-bond acceptors (Lipinski definition) is 3. The van der Waals surface area contributed by atoms with Crippen molar-refractivity contribution in [3.8, 4) is 0 Å². The van der Waals surface area contributed by atoms with Crippen molar-refractivity contribution in [2.45, 2.75) is 33.0 Å². The maximum Gasteiger partial charge on any atom is 0.270 e. The number of hydrogen-bond donors (Lipinski definition) is 1. The van der Waals surface area contributed by atoms with Gasteiger partial charge in [-0.05, 0) is 18.9 Å². The molecule has 0 saturated carbocycles. The summed E-state index contributed by atoms with van der Waals surface area (Å²) in [5.74, 6) is -0.0599. The summed E-state index contributed by atoms with van der Waals surface area (Å²) in [6, 6.07) is 9.96. The van der Waals surface area contributed by atoms with Gasteiger partial charge in [-0.3, -0.25) is 19.4 Å². The van der Waals surface area contributed by atoms with Gasteiger partial charge in [-0.1, -0.05) is 30.3 Å². The zero-order valence-electron chi connectivity index (χ0n) is 14.7. The van der Waals surface area contributed by atoms with Gasteiger partial charge in [-0.15, -0.1) is 0 Å². The second-order valence-corrected chi connectivity index (χ2v) is 6.45. The van der Waals surface area contributed by atoms with E-state index < -0.39 is 0 Å². The van der Waals surface area contributed by atoms with Gasteiger partial charge in [-0.2, -0.15) is 5.10 Å². The Balaban J connectivity index is 1.67. The van der Waals surface area contributed by atoms with Crippen LogP contribution >= 0.6 is 0 Å². The van der Waals surface area contributed by atoms with Crippen LogP contribution in [0.1, 0.15) is 34.1 Å². The summed E-state index contributed by atoms with van der Waals surface area (Å²) in [7, 11) is 0. The molecule has 26 heavy (non-hydrogen) atoms. The van der Waals surface area contributed by atoms with Crippen molar-refractivity contribution in [3.63, 3.8) is 0 Å². The zero-order chi connectivity index (χ0) is 18.1. The SMILES string of the molecule is CCn1c2c(c(=O)n1Cc1ccccc1)CCN(C(=O)c1cn[nH]c1)C2. The highest BCUT2D eigenvalue weighted by Crippen LogP contribution is 2.19. The fraction of sp³-hybridized carbons (Fsp3) is 0.316. The summed E-state index contributed by atoms with van der Waals surface area (Å²) in [5.41, 5.74) is 3.46. The van der Waals surface area contributed by atoms with Gasteiger partial charge < -0.3 is 4.90 Å². The minimum Gasteiger partial charge on any atom is -0.332 e. The van der Waals surface area contributed by atoms with Gasteiger partial charge in [-0.25, -0.2) is 4.68 Å². The third kappa shape index (κ3) is 2.75. The molecule has 134 valence electrons. The Morgan fingerprint density at radius 1 is 1.23 bits per heavy atom. The predicted molar refractivity (Wildman–Crippen MR) is 96.9 cm³/mol. The Morgan fingerprint density at radius 3 is 2.73 bits per heavy atom. The van der Waals surface area contributed by atoms with Gasteiger partial charge in [0, 0.05) is 24.8 Å². The molecule has 0 saturated heterocycles. The number of nitrogens with one attached hydrogen (secondary N) is 1. The van der Waals surface area contributed by atoms with Crippen LogP contribution in [-0.4, -0.2) is 36.9 Å². The molecular weight excluding hydrogens is 330 g/mol. The maximum atomic E-state index is 12.9. The molecule has 1 aromatic carbocycles. The van der Waals surface area contributed by atoms with Gasteiger partial charge in [0.15, 0.2) is 0 Å². The molecular formula is C19H21N5O2. The zero-order valence-corrected chi connectivity index (χ0v) is 14.7. The smallest absolute Gasteiger partial charge is 0.270 e. The molecule has 0 bridgehead atoms. The van der Waals surface area contributed by atoms with Gasteiger partial charge in [0.2, 0.25) is 0 Å². The van der Waals surface area contributed by atoms with Gasteiger partial charge in [0.25, 0.3) is 11.5 Å². The number of amides is 1. The lowest BCUT2D eigenvalue weighted by molar-refractivity contribution is 0.0729. The third-order valence-electron chi connectivity index (χ3n) is 4.92.